The van der Waals surface area contributed by atoms with Gasteiger partial charge >= 0.3 is 0 Å². The van der Waals surface area contributed by atoms with E-state index in [4.69, 9.17) is 9.47 Å². The molecule has 0 fully saturated rings. The molecule has 0 bridgehead atoms. The maximum atomic E-state index is 13.2. The van der Waals surface area contributed by atoms with E-state index >= 15 is 0 Å². The topological polar surface area (TPSA) is 99.0 Å². The third kappa shape index (κ3) is 4.14. The van der Waals surface area contributed by atoms with Crippen LogP contribution in [0, 0.1) is 10.1 Å². The number of benzene rings is 3. The summed E-state index contributed by atoms with van der Waals surface area (Å²) in [6.45, 7) is 0. The van der Waals surface area contributed by atoms with Crippen molar-refractivity contribution in [3.8, 4) is 17.2 Å². The van der Waals surface area contributed by atoms with Crippen molar-refractivity contribution >= 4 is 21.4 Å². The standard InChI is InChI=1S/C20H18N2O6S/c1-21(17-10-6-7-11-19(17)28-15-8-4-3-5-9-15)29(25,26)20-13-12-16(27-2)14-18(20)22(23)24/h3-14H,1-2H3. The minimum absolute atomic E-state index is 0.186. The summed E-state index contributed by atoms with van der Waals surface area (Å²) in [5.74, 6) is 1.01. The Balaban J connectivity index is 2.05. The highest BCUT2D eigenvalue weighted by Crippen LogP contribution is 2.37. The summed E-state index contributed by atoms with van der Waals surface area (Å²) in [6, 6.07) is 19.0. The van der Waals surface area contributed by atoms with E-state index < -0.39 is 25.5 Å². The molecule has 0 aliphatic heterocycles. The number of rotatable bonds is 7. The summed E-state index contributed by atoms with van der Waals surface area (Å²) in [4.78, 5) is 10.2. The molecule has 3 rings (SSSR count). The Kier molecular flexibility index (Phi) is 5.69. The molecule has 8 nitrogen and oxygen atoms in total. The van der Waals surface area contributed by atoms with E-state index in [1.54, 1.807) is 48.5 Å². The number of nitrogens with zero attached hydrogens (tertiary/aromatic N) is 2. The Morgan fingerprint density at radius 2 is 1.59 bits per heavy atom. The van der Waals surface area contributed by atoms with Crippen LogP contribution in [0.25, 0.3) is 0 Å². The quantitative estimate of drug-likeness (QED) is 0.424. The number of ether oxygens (including phenoxy) is 2. The highest BCUT2D eigenvalue weighted by molar-refractivity contribution is 7.93. The molecule has 0 aliphatic carbocycles. The highest BCUT2D eigenvalue weighted by atomic mass is 32.2. The van der Waals surface area contributed by atoms with Gasteiger partial charge in [-0.2, -0.15) is 0 Å². The third-order valence-corrected chi connectivity index (χ3v) is 6.00. The van der Waals surface area contributed by atoms with Crippen molar-refractivity contribution in [2.24, 2.45) is 0 Å². The molecular formula is C20H18N2O6S. The Morgan fingerprint density at radius 1 is 0.931 bits per heavy atom. The number of nitro groups is 1. The Morgan fingerprint density at radius 3 is 2.24 bits per heavy atom. The van der Waals surface area contributed by atoms with Gasteiger partial charge in [-0.3, -0.25) is 14.4 Å². The molecule has 0 unspecified atom stereocenters. The van der Waals surface area contributed by atoms with E-state index in [0.29, 0.717) is 11.5 Å². The zero-order valence-electron chi connectivity index (χ0n) is 15.7. The summed E-state index contributed by atoms with van der Waals surface area (Å²) in [7, 11) is -1.59. The number of nitro benzene ring substituents is 1. The molecular weight excluding hydrogens is 396 g/mol. The van der Waals surface area contributed by atoms with Crippen LogP contribution >= 0.6 is 0 Å². The average Bonchev–Trinajstić information content (AvgIpc) is 2.73. The van der Waals surface area contributed by atoms with Crippen LogP contribution in [0.4, 0.5) is 11.4 Å². The molecule has 0 amide bonds. The lowest BCUT2D eigenvalue weighted by atomic mass is 10.3. The molecule has 0 saturated heterocycles. The van der Waals surface area contributed by atoms with Crippen LogP contribution in [0.2, 0.25) is 0 Å². The van der Waals surface area contributed by atoms with E-state index in [2.05, 4.69) is 0 Å². The predicted octanol–water partition coefficient (Wildman–Crippen LogP) is 4.22. The van der Waals surface area contributed by atoms with Gasteiger partial charge in [0.25, 0.3) is 15.7 Å². The van der Waals surface area contributed by atoms with Gasteiger partial charge in [0.15, 0.2) is 10.6 Å². The van der Waals surface area contributed by atoms with E-state index in [0.717, 1.165) is 16.4 Å². The van der Waals surface area contributed by atoms with E-state index in [1.165, 1.54) is 20.2 Å². The van der Waals surface area contributed by atoms with Gasteiger partial charge in [0.1, 0.15) is 11.5 Å². The maximum Gasteiger partial charge on any atom is 0.293 e. The van der Waals surface area contributed by atoms with Crippen molar-refractivity contribution in [1.82, 2.24) is 0 Å². The number of hydrogen-bond acceptors (Lipinski definition) is 6. The van der Waals surface area contributed by atoms with Crippen molar-refractivity contribution in [2.75, 3.05) is 18.5 Å². The number of sulfonamides is 1. The molecule has 3 aromatic carbocycles. The van der Waals surface area contributed by atoms with Crippen molar-refractivity contribution in [3.63, 3.8) is 0 Å². The lowest BCUT2D eigenvalue weighted by molar-refractivity contribution is -0.387. The molecule has 3 aromatic rings. The van der Waals surface area contributed by atoms with Crippen LogP contribution in [0.3, 0.4) is 0 Å². The molecule has 0 aliphatic rings. The zero-order chi connectivity index (χ0) is 21.0. The molecule has 0 aromatic heterocycles. The van der Waals surface area contributed by atoms with Gasteiger partial charge in [0, 0.05) is 7.05 Å². The van der Waals surface area contributed by atoms with Gasteiger partial charge < -0.3 is 9.47 Å². The van der Waals surface area contributed by atoms with E-state index in [9.17, 15) is 18.5 Å². The SMILES string of the molecule is COc1ccc(S(=O)(=O)N(C)c2ccccc2Oc2ccccc2)c([N+](=O)[O-])c1. The van der Waals surface area contributed by atoms with Gasteiger partial charge in [0.05, 0.1) is 23.8 Å². The van der Waals surface area contributed by atoms with Crippen LogP contribution < -0.4 is 13.8 Å². The number of hydrogen-bond donors (Lipinski definition) is 0. The van der Waals surface area contributed by atoms with Crippen molar-refractivity contribution in [2.45, 2.75) is 4.90 Å². The summed E-state index contributed by atoms with van der Waals surface area (Å²) in [6.07, 6.45) is 0. The molecule has 0 heterocycles. The summed E-state index contributed by atoms with van der Waals surface area (Å²) in [5.41, 5.74) is -0.334. The highest BCUT2D eigenvalue weighted by Gasteiger charge is 2.31. The first-order valence-electron chi connectivity index (χ1n) is 8.48. The molecule has 0 atom stereocenters. The van der Waals surface area contributed by atoms with Gasteiger partial charge in [0.2, 0.25) is 0 Å². The van der Waals surface area contributed by atoms with E-state index in [1.807, 2.05) is 6.07 Å². The second-order valence-electron chi connectivity index (χ2n) is 5.95. The normalized spacial score (nSPS) is 11.0. The van der Waals surface area contributed by atoms with Gasteiger partial charge in [-0.1, -0.05) is 30.3 Å². The second-order valence-corrected chi connectivity index (χ2v) is 7.88. The fourth-order valence-corrected chi connectivity index (χ4v) is 4.02. The third-order valence-electron chi connectivity index (χ3n) is 4.18. The lowest BCUT2D eigenvalue weighted by Gasteiger charge is -2.22. The smallest absolute Gasteiger partial charge is 0.293 e. The number of anilines is 1. The van der Waals surface area contributed by atoms with Gasteiger partial charge in [-0.25, -0.2) is 8.42 Å². The fourth-order valence-electron chi connectivity index (χ4n) is 2.68. The average molecular weight is 414 g/mol. The second kappa shape index (κ2) is 8.19. The van der Waals surface area contributed by atoms with Crippen LogP contribution in [0.15, 0.2) is 77.7 Å². The molecule has 29 heavy (non-hydrogen) atoms. The van der Waals surface area contributed by atoms with Crippen LogP contribution in [0.5, 0.6) is 17.2 Å². The van der Waals surface area contributed by atoms with Gasteiger partial charge in [-0.15, -0.1) is 0 Å². The summed E-state index contributed by atoms with van der Waals surface area (Å²) in [5, 5.41) is 11.4. The first-order valence-corrected chi connectivity index (χ1v) is 9.92. The van der Waals surface area contributed by atoms with Crippen molar-refractivity contribution < 1.29 is 22.8 Å². The first-order chi connectivity index (χ1) is 13.8. The van der Waals surface area contributed by atoms with Crippen molar-refractivity contribution in [1.29, 1.82) is 0 Å². The number of methoxy groups -OCH3 is 1. The minimum Gasteiger partial charge on any atom is -0.497 e. The molecule has 0 radical (unpaired) electrons. The molecule has 0 spiro atoms. The molecule has 0 saturated carbocycles. The first kappa shape index (κ1) is 20.2. The number of para-hydroxylation sites is 3. The molecule has 9 heteroatoms. The van der Waals surface area contributed by atoms with Gasteiger partial charge in [-0.05, 0) is 36.4 Å². The molecule has 0 N–H and O–H groups in total. The van der Waals surface area contributed by atoms with Crippen LogP contribution in [-0.4, -0.2) is 27.5 Å². The summed E-state index contributed by atoms with van der Waals surface area (Å²) < 4.78 is 38.1. The lowest BCUT2D eigenvalue weighted by Crippen LogP contribution is -2.27. The Bertz CT molecular complexity index is 1130. The largest absolute Gasteiger partial charge is 0.497 e. The maximum absolute atomic E-state index is 13.2. The minimum atomic E-state index is -4.25. The predicted molar refractivity (Wildman–Crippen MR) is 108 cm³/mol. The monoisotopic (exact) mass is 414 g/mol. The summed E-state index contributed by atoms with van der Waals surface area (Å²) >= 11 is 0. The molecule has 150 valence electrons. The van der Waals surface area contributed by atoms with Crippen LogP contribution in [0.1, 0.15) is 0 Å². The zero-order valence-corrected chi connectivity index (χ0v) is 16.5. The van der Waals surface area contributed by atoms with Crippen LogP contribution in [-0.2, 0) is 10.0 Å². The fraction of sp³-hybridized carbons (Fsp3) is 0.100. The van der Waals surface area contributed by atoms with Crippen molar-refractivity contribution in [3.05, 3.63) is 82.9 Å². The Hall–Kier alpha value is -3.59. The Labute approximate surface area is 168 Å². The van der Waals surface area contributed by atoms with E-state index in [-0.39, 0.29) is 11.4 Å².